The van der Waals surface area contributed by atoms with Crippen LogP contribution in [0.1, 0.15) is 78.7 Å². The maximum atomic E-state index is 11.3. The van der Waals surface area contributed by atoms with E-state index in [2.05, 4.69) is 25.8 Å². The molecule has 0 unspecified atom stereocenters. The molecule has 1 aromatic rings. The monoisotopic (exact) mass is 267 g/mol. The number of carboxylic acids is 1. The average molecular weight is 267 g/mol. The molecule has 1 aromatic heterocycles. The van der Waals surface area contributed by atoms with E-state index in [1.807, 2.05) is 0 Å². The topological polar surface area (TPSA) is 50.2 Å². The standard InChI is InChI=1S/C14H21NO2S/c1-8(2)13-15-11(14(16)17)12(18-13)10-6-4-9(3)5-7-10/h8-10H,4-7H2,1-3H3,(H,16,17). The third kappa shape index (κ3) is 2.74. The molecule has 0 saturated heterocycles. The molecular weight excluding hydrogens is 246 g/mol. The fourth-order valence-corrected chi connectivity index (χ4v) is 3.78. The molecule has 0 aromatic carbocycles. The van der Waals surface area contributed by atoms with E-state index < -0.39 is 5.97 Å². The number of hydrogen-bond acceptors (Lipinski definition) is 3. The lowest BCUT2D eigenvalue weighted by Gasteiger charge is -2.25. The van der Waals surface area contributed by atoms with Crippen molar-refractivity contribution in [3.8, 4) is 0 Å². The zero-order chi connectivity index (χ0) is 13.3. The number of aromatic nitrogens is 1. The molecule has 1 aliphatic rings. The van der Waals surface area contributed by atoms with Gasteiger partial charge in [0.05, 0.1) is 5.01 Å². The molecule has 1 heterocycles. The van der Waals surface area contributed by atoms with E-state index in [1.54, 1.807) is 11.3 Å². The molecule has 0 radical (unpaired) electrons. The number of carboxylic acid groups (broad SMARTS) is 1. The van der Waals surface area contributed by atoms with E-state index in [0.29, 0.717) is 17.5 Å². The Morgan fingerprint density at radius 2 is 1.94 bits per heavy atom. The maximum absolute atomic E-state index is 11.3. The normalized spacial score (nSPS) is 24.4. The number of aromatic carboxylic acids is 1. The summed E-state index contributed by atoms with van der Waals surface area (Å²) in [4.78, 5) is 16.6. The van der Waals surface area contributed by atoms with Crippen molar-refractivity contribution in [2.45, 2.75) is 58.3 Å². The summed E-state index contributed by atoms with van der Waals surface area (Å²) in [5.41, 5.74) is 0.309. The van der Waals surface area contributed by atoms with E-state index in [-0.39, 0.29) is 0 Å². The Balaban J connectivity index is 2.28. The van der Waals surface area contributed by atoms with Gasteiger partial charge in [-0.1, -0.05) is 33.6 Å². The predicted octanol–water partition coefficient (Wildman–Crippen LogP) is 4.26. The summed E-state index contributed by atoms with van der Waals surface area (Å²) in [6.07, 6.45) is 4.64. The van der Waals surface area contributed by atoms with Crippen molar-refractivity contribution in [1.29, 1.82) is 0 Å². The number of carbonyl (C=O) groups is 1. The van der Waals surface area contributed by atoms with Crippen LogP contribution in [0, 0.1) is 5.92 Å². The van der Waals surface area contributed by atoms with Gasteiger partial charge in [0.1, 0.15) is 0 Å². The highest BCUT2D eigenvalue weighted by Crippen LogP contribution is 2.40. The Kier molecular flexibility index (Phi) is 4.05. The van der Waals surface area contributed by atoms with Crippen molar-refractivity contribution < 1.29 is 9.90 Å². The molecular formula is C14H21NO2S. The molecule has 2 rings (SSSR count). The third-order valence-electron chi connectivity index (χ3n) is 3.75. The Bertz CT molecular complexity index is 431. The molecule has 0 spiro atoms. The minimum atomic E-state index is -0.869. The summed E-state index contributed by atoms with van der Waals surface area (Å²) in [6.45, 7) is 6.41. The van der Waals surface area contributed by atoms with Gasteiger partial charge in [0.25, 0.3) is 0 Å². The van der Waals surface area contributed by atoms with E-state index in [9.17, 15) is 9.90 Å². The number of thiazole rings is 1. The Morgan fingerprint density at radius 1 is 1.33 bits per heavy atom. The molecule has 0 atom stereocenters. The van der Waals surface area contributed by atoms with Crippen molar-refractivity contribution in [1.82, 2.24) is 4.98 Å². The lowest BCUT2D eigenvalue weighted by Crippen LogP contribution is -2.12. The van der Waals surface area contributed by atoms with Gasteiger partial charge in [0, 0.05) is 10.8 Å². The highest BCUT2D eigenvalue weighted by Gasteiger charge is 2.28. The van der Waals surface area contributed by atoms with Crippen molar-refractivity contribution >= 4 is 17.3 Å². The average Bonchev–Trinajstić information content (AvgIpc) is 2.75. The summed E-state index contributed by atoms with van der Waals surface area (Å²) in [5, 5.41) is 10.2. The first-order valence-corrected chi connectivity index (χ1v) is 7.54. The number of rotatable bonds is 3. The molecule has 0 aliphatic heterocycles. The van der Waals surface area contributed by atoms with Crippen LogP contribution < -0.4 is 0 Å². The molecule has 1 fully saturated rings. The minimum Gasteiger partial charge on any atom is -0.476 e. The zero-order valence-corrected chi connectivity index (χ0v) is 12.1. The minimum absolute atomic E-state index is 0.309. The second-order valence-corrected chi connectivity index (χ2v) is 6.74. The summed E-state index contributed by atoms with van der Waals surface area (Å²) < 4.78 is 0. The third-order valence-corrected chi connectivity index (χ3v) is 5.27. The van der Waals surface area contributed by atoms with Crippen molar-refractivity contribution in [3.05, 3.63) is 15.6 Å². The highest BCUT2D eigenvalue weighted by atomic mass is 32.1. The molecule has 1 aliphatic carbocycles. The smallest absolute Gasteiger partial charge is 0.355 e. The summed E-state index contributed by atoms with van der Waals surface area (Å²) in [5.74, 6) is 0.639. The van der Waals surface area contributed by atoms with Gasteiger partial charge in [-0.2, -0.15) is 0 Å². The van der Waals surface area contributed by atoms with Crippen LogP contribution in [0.2, 0.25) is 0 Å². The van der Waals surface area contributed by atoms with Gasteiger partial charge < -0.3 is 5.11 Å². The quantitative estimate of drug-likeness (QED) is 0.890. The van der Waals surface area contributed by atoms with E-state index in [1.165, 1.54) is 12.8 Å². The Hall–Kier alpha value is -0.900. The molecule has 3 nitrogen and oxygen atoms in total. The maximum Gasteiger partial charge on any atom is 0.355 e. The second kappa shape index (κ2) is 5.39. The molecule has 1 N–H and O–H groups in total. The van der Waals surface area contributed by atoms with Crippen molar-refractivity contribution in [2.24, 2.45) is 5.92 Å². The first kappa shape index (κ1) is 13.5. The number of hydrogen-bond donors (Lipinski definition) is 1. The Morgan fingerprint density at radius 3 is 2.44 bits per heavy atom. The molecule has 4 heteroatoms. The van der Waals surface area contributed by atoms with Crippen LogP contribution in [0.15, 0.2) is 0 Å². The fourth-order valence-electron chi connectivity index (χ4n) is 2.55. The molecule has 0 bridgehead atoms. The van der Waals surface area contributed by atoms with Crippen molar-refractivity contribution in [2.75, 3.05) is 0 Å². The SMILES string of the molecule is CC1CCC(c2sc(C(C)C)nc2C(=O)O)CC1. The van der Waals surface area contributed by atoms with E-state index in [0.717, 1.165) is 28.6 Å². The van der Waals surface area contributed by atoms with Crippen LogP contribution in [0.25, 0.3) is 0 Å². The lowest BCUT2D eigenvalue weighted by atomic mass is 9.82. The van der Waals surface area contributed by atoms with Gasteiger partial charge in [0.15, 0.2) is 5.69 Å². The van der Waals surface area contributed by atoms with Crippen LogP contribution in [-0.4, -0.2) is 16.1 Å². The second-order valence-electron chi connectivity index (χ2n) is 5.68. The van der Waals surface area contributed by atoms with Gasteiger partial charge >= 0.3 is 5.97 Å². The van der Waals surface area contributed by atoms with Crippen LogP contribution in [0.4, 0.5) is 0 Å². The molecule has 100 valence electrons. The first-order valence-electron chi connectivity index (χ1n) is 6.73. The van der Waals surface area contributed by atoms with Gasteiger partial charge in [-0.15, -0.1) is 11.3 Å². The summed E-state index contributed by atoms with van der Waals surface area (Å²) in [6, 6.07) is 0. The zero-order valence-electron chi connectivity index (χ0n) is 11.3. The van der Waals surface area contributed by atoms with Crippen LogP contribution in [0.5, 0.6) is 0 Å². The van der Waals surface area contributed by atoms with E-state index in [4.69, 9.17) is 0 Å². The van der Waals surface area contributed by atoms with Gasteiger partial charge in [-0.25, -0.2) is 9.78 Å². The van der Waals surface area contributed by atoms with Gasteiger partial charge in [-0.3, -0.25) is 0 Å². The predicted molar refractivity (Wildman–Crippen MR) is 73.5 cm³/mol. The van der Waals surface area contributed by atoms with Gasteiger partial charge in [0.2, 0.25) is 0 Å². The largest absolute Gasteiger partial charge is 0.476 e. The van der Waals surface area contributed by atoms with Crippen LogP contribution in [-0.2, 0) is 0 Å². The van der Waals surface area contributed by atoms with Crippen molar-refractivity contribution in [3.63, 3.8) is 0 Å². The molecule has 18 heavy (non-hydrogen) atoms. The first-order chi connectivity index (χ1) is 8.49. The van der Waals surface area contributed by atoms with Gasteiger partial charge in [-0.05, 0) is 24.7 Å². The Labute approximate surface area is 112 Å². The van der Waals surface area contributed by atoms with Crippen LogP contribution in [0.3, 0.4) is 0 Å². The van der Waals surface area contributed by atoms with E-state index >= 15 is 0 Å². The number of nitrogens with zero attached hydrogens (tertiary/aromatic N) is 1. The summed E-state index contributed by atoms with van der Waals surface area (Å²) >= 11 is 1.61. The lowest BCUT2D eigenvalue weighted by molar-refractivity contribution is 0.0689. The molecule has 0 amide bonds. The highest BCUT2D eigenvalue weighted by molar-refractivity contribution is 7.12. The van der Waals surface area contributed by atoms with Crippen LogP contribution >= 0.6 is 11.3 Å². The fraction of sp³-hybridized carbons (Fsp3) is 0.714. The summed E-state index contributed by atoms with van der Waals surface area (Å²) in [7, 11) is 0. The molecule has 1 saturated carbocycles.